The van der Waals surface area contributed by atoms with E-state index in [0.717, 1.165) is 17.9 Å². The van der Waals surface area contributed by atoms with Crippen LogP contribution in [0, 0.1) is 11.8 Å². The summed E-state index contributed by atoms with van der Waals surface area (Å²) in [5.41, 5.74) is 0.470. The minimum absolute atomic E-state index is 0.0119. The van der Waals surface area contributed by atoms with E-state index in [2.05, 4.69) is 21.5 Å². The van der Waals surface area contributed by atoms with Crippen molar-refractivity contribution in [2.45, 2.75) is 17.4 Å². The minimum Gasteiger partial charge on any atom is -0.384 e. The van der Waals surface area contributed by atoms with Crippen molar-refractivity contribution >= 4 is 21.8 Å². The maximum Gasteiger partial charge on any atom is 0.242 e. The van der Waals surface area contributed by atoms with Gasteiger partial charge in [0, 0.05) is 29.8 Å². The van der Waals surface area contributed by atoms with Gasteiger partial charge in [-0.25, -0.2) is 13.1 Å². The van der Waals surface area contributed by atoms with Crippen molar-refractivity contribution in [1.82, 2.24) is 9.71 Å². The van der Waals surface area contributed by atoms with E-state index in [1.54, 1.807) is 11.8 Å². The molecule has 1 aromatic heterocycles. The van der Waals surface area contributed by atoms with Crippen LogP contribution in [0.4, 0.5) is 0 Å². The van der Waals surface area contributed by atoms with E-state index in [1.165, 1.54) is 18.5 Å². The monoisotopic (exact) mass is 298 g/mol. The zero-order chi connectivity index (χ0) is 13.7. The molecule has 1 fully saturated rings. The normalized spacial score (nSPS) is 18.9. The van der Waals surface area contributed by atoms with E-state index in [4.69, 9.17) is 5.11 Å². The highest BCUT2D eigenvalue weighted by molar-refractivity contribution is 7.99. The molecule has 0 amide bonds. The lowest BCUT2D eigenvalue weighted by molar-refractivity contribution is 0.350. The lowest BCUT2D eigenvalue weighted by Gasteiger charge is -2.11. The summed E-state index contributed by atoms with van der Waals surface area (Å²) in [6.45, 7) is -0.269. The molecule has 0 spiro atoms. The van der Waals surface area contributed by atoms with Crippen molar-refractivity contribution in [2.75, 3.05) is 18.1 Å². The summed E-state index contributed by atoms with van der Waals surface area (Å²) >= 11 is 1.74. The standard InChI is InChI=1S/C12H14N2O3S2/c15-4-1-2-10-6-12(8-13-7-10)19(16,17)14-11-3-5-18-9-11/h6-8,11,14-15H,3-5,9H2. The maximum absolute atomic E-state index is 12.2. The Morgan fingerprint density at radius 2 is 2.37 bits per heavy atom. The summed E-state index contributed by atoms with van der Waals surface area (Å²) in [6, 6.07) is 1.45. The largest absolute Gasteiger partial charge is 0.384 e. The molecule has 1 unspecified atom stereocenters. The Labute approximate surface area is 116 Å². The number of nitrogens with one attached hydrogen (secondary N) is 1. The van der Waals surface area contributed by atoms with Crippen molar-refractivity contribution < 1.29 is 13.5 Å². The maximum atomic E-state index is 12.2. The van der Waals surface area contributed by atoms with E-state index < -0.39 is 10.0 Å². The molecular formula is C12H14N2O3S2. The molecule has 2 N–H and O–H groups in total. The van der Waals surface area contributed by atoms with Gasteiger partial charge in [-0.1, -0.05) is 11.8 Å². The number of aliphatic hydroxyl groups is 1. The lowest BCUT2D eigenvalue weighted by Crippen LogP contribution is -2.34. The summed E-state index contributed by atoms with van der Waals surface area (Å²) in [4.78, 5) is 3.98. The molecule has 0 aromatic carbocycles. The van der Waals surface area contributed by atoms with Crippen LogP contribution in [0.3, 0.4) is 0 Å². The average molecular weight is 298 g/mol. The number of thioether (sulfide) groups is 1. The predicted octanol–water partition coefficient (Wildman–Crippen LogP) is 0.209. The van der Waals surface area contributed by atoms with Crippen LogP contribution in [0.5, 0.6) is 0 Å². The smallest absolute Gasteiger partial charge is 0.242 e. The van der Waals surface area contributed by atoms with Gasteiger partial charge in [0.05, 0.1) is 0 Å². The first-order chi connectivity index (χ1) is 9.12. The van der Waals surface area contributed by atoms with Crippen LogP contribution in [0.15, 0.2) is 23.4 Å². The second kappa shape index (κ2) is 6.39. The highest BCUT2D eigenvalue weighted by Gasteiger charge is 2.23. The third-order valence-corrected chi connectivity index (χ3v) is 5.24. The van der Waals surface area contributed by atoms with Crippen LogP contribution >= 0.6 is 11.8 Å². The van der Waals surface area contributed by atoms with Gasteiger partial charge in [0.1, 0.15) is 11.5 Å². The van der Waals surface area contributed by atoms with Gasteiger partial charge in [0.2, 0.25) is 10.0 Å². The van der Waals surface area contributed by atoms with E-state index in [-0.39, 0.29) is 17.5 Å². The first-order valence-electron chi connectivity index (χ1n) is 5.76. The average Bonchev–Trinajstić information content (AvgIpc) is 2.89. The summed E-state index contributed by atoms with van der Waals surface area (Å²) in [5, 5.41) is 8.62. The topological polar surface area (TPSA) is 79.3 Å². The Balaban J connectivity index is 2.19. The Morgan fingerprint density at radius 1 is 1.53 bits per heavy atom. The lowest BCUT2D eigenvalue weighted by atomic mass is 10.3. The van der Waals surface area contributed by atoms with Crippen LogP contribution in [-0.4, -0.2) is 42.7 Å². The van der Waals surface area contributed by atoms with Crippen LogP contribution in [0.25, 0.3) is 0 Å². The Bertz CT molecular complexity index is 599. The number of hydrogen-bond acceptors (Lipinski definition) is 5. The molecule has 5 nitrogen and oxygen atoms in total. The molecule has 2 heterocycles. The Morgan fingerprint density at radius 3 is 3.05 bits per heavy atom. The van der Waals surface area contributed by atoms with Gasteiger partial charge in [-0.2, -0.15) is 11.8 Å². The summed E-state index contributed by atoms with van der Waals surface area (Å²) in [5.74, 6) is 6.89. The van der Waals surface area contributed by atoms with Gasteiger partial charge in [0.15, 0.2) is 0 Å². The molecule has 1 aromatic rings. The van der Waals surface area contributed by atoms with Crippen molar-refractivity contribution in [3.05, 3.63) is 24.0 Å². The Kier molecular flexibility index (Phi) is 4.82. The first-order valence-corrected chi connectivity index (χ1v) is 8.40. The second-order valence-corrected chi connectivity index (χ2v) is 6.91. The molecule has 0 saturated carbocycles. The van der Waals surface area contributed by atoms with Crippen molar-refractivity contribution in [1.29, 1.82) is 0 Å². The van der Waals surface area contributed by atoms with E-state index in [9.17, 15) is 8.42 Å². The van der Waals surface area contributed by atoms with Gasteiger partial charge in [-0.05, 0) is 18.2 Å². The molecule has 102 valence electrons. The van der Waals surface area contributed by atoms with E-state index in [1.807, 2.05) is 0 Å². The van der Waals surface area contributed by atoms with Crippen LogP contribution in [-0.2, 0) is 10.0 Å². The van der Waals surface area contributed by atoms with Gasteiger partial charge < -0.3 is 5.11 Å². The molecule has 1 atom stereocenters. The molecular weight excluding hydrogens is 284 g/mol. The number of sulfonamides is 1. The Hall–Kier alpha value is -1.07. The van der Waals surface area contributed by atoms with Crippen molar-refractivity contribution in [3.8, 4) is 11.8 Å². The van der Waals surface area contributed by atoms with Gasteiger partial charge in [0.25, 0.3) is 0 Å². The molecule has 1 aliphatic rings. The molecule has 19 heavy (non-hydrogen) atoms. The fourth-order valence-corrected chi connectivity index (χ4v) is 4.21. The van der Waals surface area contributed by atoms with Gasteiger partial charge in [-0.3, -0.25) is 4.98 Å². The zero-order valence-corrected chi connectivity index (χ0v) is 11.8. The molecule has 2 rings (SSSR count). The quantitative estimate of drug-likeness (QED) is 0.780. The van der Waals surface area contributed by atoms with Crippen LogP contribution < -0.4 is 4.72 Å². The number of aliphatic hydroxyl groups excluding tert-OH is 1. The van der Waals surface area contributed by atoms with Crippen molar-refractivity contribution in [3.63, 3.8) is 0 Å². The van der Waals surface area contributed by atoms with Gasteiger partial charge >= 0.3 is 0 Å². The molecule has 0 radical (unpaired) electrons. The summed E-state index contributed by atoms with van der Waals surface area (Å²) < 4.78 is 27.0. The minimum atomic E-state index is -3.55. The number of rotatable bonds is 3. The second-order valence-electron chi connectivity index (χ2n) is 4.05. The number of hydrogen-bond donors (Lipinski definition) is 2. The van der Waals surface area contributed by atoms with E-state index >= 15 is 0 Å². The third-order valence-electron chi connectivity index (χ3n) is 2.59. The fraction of sp³-hybridized carbons (Fsp3) is 0.417. The summed E-state index contributed by atoms with van der Waals surface area (Å²) in [7, 11) is -3.55. The van der Waals surface area contributed by atoms with Gasteiger partial charge in [-0.15, -0.1) is 0 Å². The van der Waals surface area contributed by atoms with Crippen LogP contribution in [0.1, 0.15) is 12.0 Å². The third kappa shape index (κ3) is 3.94. The highest BCUT2D eigenvalue weighted by atomic mass is 32.2. The highest BCUT2D eigenvalue weighted by Crippen LogP contribution is 2.19. The predicted molar refractivity (Wildman–Crippen MR) is 74.3 cm³/mol. The SMILES string of the molecule is O=S(=O)(NC1CCSC1)c1cncc(C#CCO)c1. The fourth-order valence-electron chi connectivity index (χ4n) is 1.69. The first kappa shape index (κ1) is 14.3. The molecule has 1 saturated heterocycles. The molecule has 7 heteroatoms. The molecule has 1 aliphatic heterocycles. The summed E-state index contributed by atoms with van der Waals surface area (Å²) in [6.07, 6.45) is 3.61. The molecule has 0 bridgehead atoms. The van der Waals surface area contributed by atoms with Crippen LogP contribution in [0.2, 0.25) is 0 Å². The van der Waals surface area contributed by atoms with E-state index in [0.29, 0.717) is 5.56 Å². The number of aromatic nitrogens is 1. The zero-order valence-electron chi connectivity index (χ0n) is 10.2. The molecule has 0 aliphatic carbocycles. The van der Waals surface area contributed by atoms with Crippen molar-refractivity contribution in [2.24, 2.45) is 0 Å². The number of nitrogens with zero attached hydrogens (tertiary/aromatic N) is 1. The number of pyridine rings is 1.